The Kier molecular flexibility index (Phi) is 6.54. The predicted molar refractivity (Wildman–Crippen MR) is 121 cm³/mol. The summed E-state index contributed by atoms with van der Waals surface area (Å²) in [5, 5.41) is 9.03. The fraction of sp³-hybridized carbons (Fsp3) is 0.500. The lowest BCUT2D eigenvalue weighted by Gasteiger charge is -2.42. The number of aromatic nitrogens is 1. The molecule has 0 spiro atoms. The van der Waals surface area contributed by atoms with Gasteiger partial charge in [0, 0.05) is 12.3 Å². The number of pyridine rings is 1. The van der Waals surface area contributed by atoms with E-state index in [1.807, 2.05) is 6.07 Å². The SMILES string of the molecule is CCCCCc1cc2c(cc1C(=O)Oc1ccc(C(=O)O)cn1)C(C)(C)CCC2(C)C. The fourth-order valence-corrected chi connectivity index (χ4v) is 4.34. The number of carboxylic acid groups (broad SMARTS) is 1. The summed E-state index contributed by atoms with van der Waals surface area (Å²) in [7, 11) is 0. The average Bonchev–Trinajstić information content (AvgIpc) is 2.71. The van der Waals surface area contributed by atoms with E-state index in [0.717, 1.165) is 44.1 Å². The van der Waals surface area contributed by atoms with Gasteiger partial charge >= 0.3 is 11.9 Å². The Hall–Kier alpha value is -2.69. The molecule has 0 atom stereocenters. The van der Waals surface area contributed by atoms with Crippen molar-refractivity contribution in [3.05, 3.63) is 58.3 Å². The van der Waals surface area contributed by atoms with Crippen molar-refractivity contribution < 1.29 is 19.4 Å². The second kappa shape index (κ2) is 8.81. The summed E-state index contributed by atoms with van der Waals surface area (Å²) in [4.78, 5) is 28.2. The fourth-order valence-electron chi connectivity index (χ4n) is 4.34. The number of ether oxygens (including phenoxy) is 1. The molecule has 0 saturated heterocycles. The number of carbonyl (C=O) groups is 2. The first-order valence-electron chi connectivity index (χ1n) is 11.1. The van der Waals surface area contributed by atoms with Gasteiger partial charge in [0.15, 0.2) is 0 Å². The first-order valence-corrected chi connectivity index (χ1v) is 11.1. The molecule has 3 rings (SSSR count). The highest BCUT2D eigenvalue weighted by Gasteiger charge is 2.38. The number of benzene rings is 1. The third kappa shape index (κ3) is 4.97. The number of carboxylic acids is 1. The molecule has 1 N–H and O–H groups in total. The van der Waals surface area contributed by atoms with Gasteiger partial charge in [-0.25, -0.2) is 14.6 Å². The number of nitrogens with zero attached hydrogens (tertiary/aromatic N) is 1. The van der Waals surface area contributed by atoms with Gasteiger partial charge in [0.2, 0.25) is 5.88 Å². The maximum atomic E-state index is 13.2. The van der Waals surface area contributed by atoms with Crippen molar-refractivity contribution in [1.29, 1.82) is 0 Å². The van der Waals surface area contributed by atoms with Gasteiger partial charge in [-0.05, 0) is 65.3 Å². The van der Waals surface area contributed by atoms with Crippen LogP contribution < -0.4 is 4.74 Å². The monoisotopic (exact) mass is 423 g/mol. The quantitative estimate of drug-likeness (QED) is 0.431. The number of esters is 1. The van der Waals surface area contributed by atoms with E-state index in [-0.39, 0.29) is 22.3 Å². The molecule has 0 unspecified atom stereocenters. The van der Waals surface area contributed by atoms with Gasteiger partial charge in [-0.3, -0.25) is 0 Å². The van der Waals surface area contributed by atoms with E-state index in [4.69, 9.17) is 9.84 Å². The lowest BCUT2D eigenvalue weighted by molar-refractivity contribution is 0.0696. The van der Waals surface area contributed by atoms with Crippen LogP contribution >= 0.6 is 0 Å². The summed E-state index contributed by atoms with van der Waals surface area (Å²) < 4.78 is 5.55. The van der Waals surface area contributed by atoms with Gasteiger partial charge < -0.3 is 9.84 Å². The van der Waals surface area contributed by atoms with Gasteiger partial charge in [-0.2, -0.15) is 0 Å². The maximum absolute atomic E-state index is 13.2. The summed E-state index contributed by atoms with van der Waals surface area (Å²) in [6.07, 6.45) is 7.45. The highest BCUT2D eigenvalue weighted by Crippen LogP contribution is 2.46. The Balaban J connectivity index is 2.00. The van der Waals surface area contributed by atoms with Gasteiger partial charge in [-0.15, -0.1) is 0 Å². The molecule has 0 saturated carbocycles. The first-order chi connectivity index (χ1) is 14.5. The Morgan fingerprint density at radius 3 is 2.23 bits per heavy atom. The number of fused-ring (bicyclic) bond motifs is 1. The van der Waals surface area contributed by atoms with Gasteiger partial charge in [0.05, 0.1) is 11.1 Å². The maximum Gasteiger partial charge on any atom is 0.345 e. The largest absolute Gasteiger partial charge is 0.478 e. The molecule has 31 heavy (non-hydrogen) atoms. The van der Waals surface area contributed by atoms with Crippen LogP contribution in [0.5, 0.6) is 5.88 Å². The molecule has 1 aliphatic rings. The van der Waals surface area contributed by atoms with Crippen LogP contribution in [0.1, 0.15) is 104 Å². The number of hydrogen-bond donors (Lipinski definition) is 1. The zero-order valence-electron chi connectivity index (χ0n) is 19.2. The van der Waals surface area contributed by atoms with Crippen molar-refractivity contribution in [2.24, 2.45) is 0 Å². The zero-order valence-corrected chi connectivity index (χ0v) is 19.2. The Labute approximate surface area is 184 Å². The molecule has 1 aliphatic carbocycles. The minimum Gasteiger partial charge on any atom is -0.478 e. The van der Waals surface area contributed by atoms with E-state index in [9.17, 15) is 9.59 Å². The minimum atomic E-state index is -1.07. The Bertz CT molecular complexity index is 974. The predicted octanol–water partition coefficient (Wildman–Crippen LogP) is 6.08. The second-order valence-electron chi connectivity index (χ2n) is 9.86. The summed E-state index contributed by atoms with van der Waals surface area (Å²) in [5.41, 5.74) is 4.26. The molecular formula is C26H33NO4. The van der Waals surface area contributed by atoms with E-state index >= 15 is 0 Å². The Morgan fingerprint density at radius 1 is 1.03 bits per heavy atom. The second-order valence-corrected chi connectivity index (χ2v) is 9.86. The van der Waals surface area contributed by atoms with Crippen molar-refractivity contribution in [2.75, 3.05) is 0 Å². The molecule has 0 radical (unpaired) electrons. The molecule has 5 nitrogen and oxygen atoms in total. The van der Waals surface area contributed by atoms with Gasteiger partial charge in [0.1, 0.15) is 0 Å². The standard InChI is InChI=1S/C26H33NO4/c1-6-7-8-9-17-14-20-21(26(4,5)13-12-25(20,2)3)15-19(17)24(30)31-22-11-10-18(16-27-22)23(28)29/h10-11,14-16H,6-9,12-13H2,1-5H3,(H,28,29). The minimum absolute atomic E-state index is 0.0107. The van der Waals surface area contributed by atoms with E-state index in [1.165, 1.54) is 29.5 Å². The molecule has 0 bridgehead atoms. The number of aromatic carboxylic acids is 1. The summed E-state index contributed by atoms with van der Waals surface area (Å²) in [5.74, 6) is -1.40. The highest BCUT2D eigenvalue weighted by molar-refractivity contribution is 5.93. The van der Waals surface area contributed by atoms with Crippen molar-refractivity contribution in [2.45, 2.75) is 84.0 Å². The lowest BCUT2D eigenvalue weighted by atomic mass is 9.62. The van der Waals surface area contributed by atoms with E-state index in [0.29, 0.717) is 5.56 Å². The number of hydrogen-bond acceptors (Lipinski definition) is 4. The van der Waals surface area contributed by atoms with Crippen LogP contribution in [0, 0.1) is 0 Å². The van der Waals surface area contributed by atoms with Crippen LogP contribution in [0.3, 0.4) is 0 Å². The Morgan fingerprint density at radius 2 is 1.68 bits per heavy atom. The average molecular weight is 424 g/mol. The van der Waals surface area contributed by atoms with E-state index in [1.54, 1.807) is 0 Å². The van der Waals surface area contributed by atoms with E-state index in [2.05, 4.69) is 45.7 Å². The van der Waals surface area contributed by atoms with Crippen molar-refractivity contribution in [3.63, 3.8) is 0 Å². The molecule has 5 heteroatoms. The van der Waals surface area contributed by atoms with Crippen LogP contribution in [0.25, 0.3) is 0 Å². The zero-order chi connectivity index (χ0) is 22.8. The van der Waals surface area contributed by atoms with Gasteiger partial charge in [-0.1, -0.05) is 53.5 Å². The van der Waals surface area contributed by atoms with Gasteiger partial charge in [0.25, 0.3) is 0 Å². The summed E-state index contributed by atoms with van der Waals surface area (Å²) in [6.45, 7) is 11.2. The first kappa shape index (κ1) is 23.0. The van der Waals surface area contributed by atoms with Crippen LogP contribution in [0.4, 0.5) is 0 Å². The third-order valence-corrected chi connectivity index (χ3v) is 6.53. The van der Waals surface area contributed by atoms with Crippen molar-refractivity contribution >= 4 is 11.9 Å². The molecule has 2 aromatic rings. The normalized spacial score (nSPS) is 16.4. The van der Waals surface area contributed by atoms with Crippen LogP contribution in [0.15, 0.2) is 30.5 Å². The number of carbonyl (C=O) groups excluding carboxylic acids is 1. The van der Waals surface area contributed by atoms with Crippen LogP contribution in [-0.2, 0) is 17.3 Å². The number of unbranched alkanes of at least 4 members (excludes halogenated alkanes) is 2. The third-order valence-electron chi connectivity index (χ3n) is 6.53. The van der Waals surface area contributed by atoms with Crippen LogP contribution in [0.2, 0.25) is 0 Å². The molecule has 1 heterocycles. The molecule has 0 aliphatic heterocycles. The molecule has 0 fully saturated rings. The van der Waals surface area contributed by atoms with E-state index < -0.39 is 11.9 Å². The molecule has 1 aromatic heterocycles. The highest BCUT2D eigenvalue weighted by atomic mass is 16.5. The smallest absolute Gasteiger partial charge is 0.345 e. The number of aryl methyl sites for hydroxylation is 1. The lowest BCUT2D eigenvalue weighted by Crippen LogP contribution is -2.34. The van der Waals surface area contributed by atoms with Crippen molar-refractivity contribution in [1.82, 2.24) is 4.98 Å². The summed E-state index contributed by atoms with van der Waals surface area (Å²) in [6, 6.07) is 7.07. The topological polar surface area (TPSA) is 76.5 Å². The number of rotatable bonds is 7. The van der Waals surface area contributed by atoms with Crippen molar-refractivity contribution in [3.8, 4) is 5.88 Å². The molecular weight excluding hydrogens is 390 g/mol. The molecule has 1 aromatic carbocycles. The summed E-state index contributed by atoms with van der Waals surface area (Å²) >= 11 is 0. The molecule has 166 valence electrons. The molecule has 0 amide bonds. The van der Waals surface area contributed by atoms with Crippen LogP contribution in [-0.4, -0.2) is 22.0 Å².